The standard InChI is InChI=1S/C21H16ClF4N3O2/c1-11-9-18(21(24,25)26)27-20(31)29(11)17-10-13(7-8-14(17)22)19(30)28(3)16-6-4-5-15(23)12(16)2/h4-10H,1-3H3. The lowest BCUT2D eigenvalue weighted by molar-refractivity contribution is -0.141. The van der Waals surface area contributed by atoms with Gasteiger partial charge < -0.3 is 4.90 Å². The van der Waals surface area contributed by atoms with E-state index >= 15 is 0 Å². The fourth-order valence-corrected chi connectivity index (χ4v) is 3.32. The first kappa shape index (κ1) is 22.5. The first-order valence-corrected chi connectivity index (χ1v) is 9.30. The molecule has 5 nitrogen and oxygen atoms in total. The van der Waals surface area contributed by atoms with Gasteiger partial charge in [0.25, 0.3) is 5.91 Å². The summed E-state index contributed by atoms with van der Waals surface area (Å²) >= 11 is 6.17. The van der Waals surface area contributed by atoms with Gasteiger partial charge in [0.15, 0.2) is 5.69 Å². The van der Waals surface area contributed by atoms with Gasteiger partial charge in [-0.1, -0.05) is 17.7 Å². The molecule has 0 bridgehead atoms. The minimum atomic E-state index is -4.78. The summed E-state index contributed by atoms with van der Waals surface area (Å²) in [4.78, 5) is 29.6. The smallest absolute Gasteiger partial charge is 0.311 e. The summed E-state index contributed by atoms with van der Waals surface area (Å²) in [5.74, 6) is -1.01. The number of aryl methyl sites for hydroxylation is 1. The number of hydrogen-bond acceptors (Lipinski definition) is 3. The van der Waals surface area contributed by atoms with Crippen molar-refractivity contribution in [2.75, 3.05) is 11.9 Å². The third kappa shape index (κ3) is 4.32. The van der Waals surface area contributed by atoms with Gasteiger partial charge in [0.1, 0.15) is 5.82 Å². The molecule has 0 unspecified atom stereocenters. The Kier molecular flexibility index (Phi) is 5.91. The van der Waals surface area contributed by atoms with E-state index < -0.39 is 29.3 Å². The van der Waals surface area contributed by atoms with Crippen LogP contribution in [0.15, 0.2) is 47.3 Å². The molecule has 3 rings (SSSR count). The Morgan fingerprint density at radius 3 is 2.42 bits per heavy atom. The molecule has 0 N–H and O–H groups in total. The minimum Gasteiger partial charge on any atom is -0.311 e. The first-order valence-electron chi connectivity index (χ1n) is 8.93. The molecule has 0 atom stereocenters. The average molecular weight is 454 g/mol. The van der Waals surface area contributed by atoms with E-state index in [1.165, 1.54) is 56.1 Å². The molecule has 1 aromatic heterocycles. The molecule has 10 heteroatoms. The van der Waals surface area contributed by atoms with Crippen molar-refractivity contribution in [3.63, 3.8) is 0 Å². The molecular formula is C21H16ClF4N3O2. The Morgan fingerprint density at radius 1 is 1.13 bits per heavy atom. The Hall–Kier alpha value is -3.20. The maximum Gasteiger partial charge on any atom is 0.433 e. The molecule has 1 heterocycles. The van der Waals surface area contributed by atoms with E-state index in [0.717, 1.165) is 4.57 Å². The molecule has 2 aromatic carbocycles. The number of carbonyl (C=O) groups is 1. The number of anilines is 1. The van der Waals surface area contributed by atoms with Crippen LogP contribution < -0.4 is 10.6 Å². The Bertz CT molecular complexity index is 1240. The molecule has 0 aliphatic heterocycles. The number of alkyl halides is 3. The maximum atomic E-state index is 13.9. The van der Waals surface area contributed by atoms with Crippen LogP contribution in [0.1, 0.15) is 27.3 Å². The molecule has 0 spiro atoms. The summed E-state index contributed by atoms with van der Waals surface area (Å²) in [7, 11) is 1.45. The average Bonchev–Trinajstić information content (AvgIpc) is 2.69. The number of benzene rings is 2. The summed E-state index contributed by atoms with van der Waals surface area (Å²) in [5.41, 5.74) is -1.87. The fraction of sp³-hybridized carbons (Fsp3) is 0.190. The Morgan fingerprint density at radius 2 is 1.81 bits per heavy atom. The highest BCUT2D eigenvalue weighted by atomic mass is 35.5. The summed E-state index contributed by atoms with van der Waals surface area (Å²) < 4.78 is 53.5. The normalized spacial score (nSPS) is 11.5. The topological polar surface area (TPSA) is 55.2 Å². The molecule has 0 saturated heterocycles. The van der Waals surface area contributed by atoms with Crippen molar-refractivity contribution in [2.24, 2.45) is 0 Å². The zero-order chi connectivity index (χ0) is 23.1. The van der Waals surface area contributed by atoms with Crippen molar-refractivity contribution in [1.29, 1.82) is 0 Å². The van der Waals surface area contributed by atoms with Gasteiger partial charge in [0.05, 0.1) is 10.7 Å². The van der Waals surface area contributed by atoms with E-state index in [2.05, 4.69) is 4.98 Å². The third-order valence-corrected chi connectivity index (χ3v) is 5.05. The number of nitrogens with zero attached hydrogens (tertiary/aromatic N) is 3. The fourth-order valence-electron chi connectivity index (χ4n) is 3.12. The monoisotopic (exact) mass is 453 g/mol. The molecule has 3 aromatic rings. The van der Waals surface area contributed by atoms with Crippen LogP contribution in [0, 0.1) is 19.7 Å². The Balaban J connectivity index is 2.08. The van der Waals surface area contributed by atoms with Crippen LogP contribution in [-0.2, 0) is 6.18 Å². The van der Waals surface area contributed by atoms with Crippen molar-refractivity contribution in [3.8, 4) is 5.69 Å². The molecule has 0 fully saturated rings. The van der Waals surface area contributed by atoms with Crippen molar-refractivity contribution in [3.05, 3.63) is 86.3 Å². The van der Waals surface area contributed by atoms with Crippen molar-refractivity contribution < 1.29 is 22.4 Å². The zero-order valence-corrected chi connectivity index (χ0v) is 17.3. The SMILES string of the molecule is Cc1c(F)cccc1N(C)C(=O)c1ccc(Cl)c(-n2c(C)cc(C(F)(F)F)nc2=O)c1. The second-order valence-electron chi connectivity index (χ2n) is 6.81. The van der Waals surface area contributed by atoms with Gasteiger partial charge in [-0.25, -0.2) is 9.18 Å². The second-order valence-corrected chi connectivity index (χ2v) is 7.22. The van der Waals surface area contributed by atoms with Crippen LogP contribution in [0.2, 0.25) is 5.02 Å². The second kappa shape index (κ2) is 8.14. The summed E-state index contributed by atoms with van der Waals surface area (Å²) in [6.45, 7) is 2.82. The number of aromatic nitrogens is 2. The van der Waals surface area contributed by atoms with E-state index in [0.29, 0.717) is 11.8 Å². The lowest BCUT2D eigenvalue weighted by atomic mass is 10.1. The van der Waals surface area contributed by atoms with Crippen LogP contribution in [-0.4, -0.2) is 22.5 Å². The van der Waals surface area contributed by atoms with Crippen LogP contribution in [0.25, 0.3) is 5.69 Å². The van der Waals surface area contributed by atoms with Gasteiger partial charge in [-0.2, -0.15) is 18.2 Å². The number of halogens is 5. The highest BCUT2D eigenvalue weighted by Gasteiger charge is 2.34. The highest BCUT2D eigenvalue weighted by molar-refractivity contribution is 6.32. The van der Waals surface area contributed by atoms with Crippen LogP contribution in [0.5, 0.6) is 0 Å². The molecule has 0 aliphatic rings. The van der Waals surface area contributed by atoms with Gasteiger partial charge in [-0.15, -0.1) is 0 Å². The van der Waals surface area contributed by atoms with E-state index in [4.69, 9.17) is 11.6 Å². The summed E-state index contributed by atoms with van der Waals surface area (Å²) in [6.07, 6.45) is -4.78. The predicted octanol–water partition coefficient (Wildman–Crippen LogP) is 4.94. The van der Waals surface area contributed by atoms with Crippen LogP contribution in [0.3, 0.4) is 0 Å². The van der Waals surface area contributed by atoms with Gasteiger partial charge in [0.2, 0.25) is 0 Å². The van der Waals surface area contributed by atoms with Gasteiger partial charge in [-0.05, 0) is 50.2 Å². The highest BCUT2D eigenvalue weighted by Crippen LogP contribution is 2.29. The van der Waals surface area contributed by atoms with Gasteiger partial charge in [-0.3, -0.25) is 9.36 Å². The third-order valence-electron chi connectivity index (χ3n) is 4.74. The van der Waals surface area contributed by atoms with Gasteiger partial charge in [0, 0.05) is 29.6 Å². The molecule has 162 valence electrons. The number of carbonyl (C=O) groups excluding carboxylic acids is 1. The lowest BCUT2D eigenvalue weighted by Gasteiger charge is -2.21. The largest absolute Gasteiger partial charge is 0.433 e. The maximum absolute atomic E-state index is 13.9. The summed E-state index contributed by atoms with van der Waals surface area (Å²) in [5, 5.41) is 0.0351. The Labute approximate surface area is 179 Å². The summed E-state index contributed by atoms with van der Waals surface area (Å²) in [6, 6.07) is 9.04. The van der Waals surface area contributed by atoms with E-state index in [-0.39, 0.29) is 27.5 Å². The number of amides is 1. The van der Waals surface area contributed by atoms with Crippen molar-refractivity contribution in [1.82, 2.24) is 9.55 Å². The van der Waals surface area contributed by atoms with Crippen LogP contribution in [0.4, 0.5) is 23.2 Å². The van der Waals surface area contributed by atoms with Crippen molar-refractivity contribution >= 4 is 23.2 Å². The minimum absolute atomic E-state index is 0.000560. The van der Waals surface area contributed by atoms with Gasteiger partial charge >= 0.3 is 11.9 Å². The quantitative estimate of drug-likeness (QED) is 0.528. The molecule has 0 aliphatic carbocycles. The van der Waals surface area contributed by atoms with E-state index in [1.54, 1.807) is 6.07 Å². The first-order chi connectivity index (χ1) is 14.4. The molecule has 0 saturated carbocycles. The van der Waals surface area contributed by atoms with E-state index in [1.807, 2.05) is 0 Å². The lowest BCUT2D eigenvalue weighted by Crippen LogP contribution is -2.29. The number of rotatable bonds is 3. The van der Waals surface area contributed by atoms with Crippen LogP contribution >= 0.6 is 11.6 Å². The van der Waals surface area contributed by atoms with E-state index in [9.17, 15) is 27.2 Å². The number of hydrogen-bond donors (Lipinski definition) is 0. The zero-order valence-electron chi connectivity index (χ0n) is 16.6. The molecule has 31 heavy (non-hydrogen) atoms. The molecule has 0 radical (unpaired) electrons. The molecule has 1 amide bonds. The predicted molar refractivity (Wildman–Crippen MR) is 108 cm³/mol. The van der Waals surface area contributed by atoms with Crippen molar-refractivity contribution in [2.45, 2.75) is 20.0 Å². The molecular weight excluding hydrogens is 438 g/mol.